The molecule has 0 saturated carbocycles. The maximum absolute atomic E-state index is 11.8. The maximum atomic E-state index is 11.8. The number of oxime groups is 1. The summed E-state index contributed by atoms with van der Waals surface area (Å²) in [4.78, 5) is 30.7. The van der Waals surface area contributed by atoms with Gasteiger partial charge in [0.15, 0.2) is 5.84 Å². The molecule has 22 heavy (non-hydrogen) atoms. The lowest BCUT2D eigenvalue weighted by molar-refractivity contribution is -0.385. The molecule has 1 heterocycles. The Morgan fingerprint density at radius 1 is 1.36 bits per heavy atom. The predicted octanol–water partition coefficient (Wildman–Crippen LogP) is 1.78. The molecule has 112 valence electrons. The van der Waals surface area contributed by atoms with E-state index in [1.165, 1.54) is 18.3 Å². The third-order valence-corrected chi connectivity index (χ3v) is 2.80. The molecule has 8 nitrogen and oxygen atoms in total. The fourth-order valence-electron chi connectivity index (χ4n) is 1.64. The van der Waals surface area contributed by atoms with Crippen molar-refractivity contribution in [3.8, 4) is 0 Å². The number of benzene rings is 1. The number of pyridine rings is 1. The third kappa shape index (κ3) is 3.42. The van der Waals surface area contributed by atoms with Crippen LogP contribution in [0.2, 0.25) is 0 Å². The van der Waals surface area contributed by atoms with Crippen molar-refractivity contribution in [2.75, 3.05) is 0 Å². The second kappa shape index (κ2) is 6.44. The molecule has 0 spiro atoms. The van der Waals surface area contributed by atoms with Crippen molar-refractivity contribution in [2.24, 2.45) is 10.9 Å². The lowest BCUT2D eigenvalue weighted by Crippen LogP contribution is -2.16. The van der Waals surface area contributed by atoms with E-state index < -0.39 is 10.9 Å². The topological polar surface area (TPSA) is 121 Å². The highest BCUT2D eigenvalue weighted by atomic mass is 16.7. The van der Waals surface area contributed by atoms with Crippen molar-refractivity contribution in [3.63, 3.8) is 0 Å². The van der Waals surface area contributed by atoms with Gasteiger partial charge in [0.05, 0.1) is 10.5 Å². The smallest absolute Gasteiger partial charge is 0.366 e. The average molecular weight is 300 g/mol. The lowest BCUT2D eigenvalue weighted by atomic mass is 10.1. The standard InChI is InChI=1S/C14H12N4O4/c1-9-5-6-10(8-12(9)18(20)21)14(19)22-17-13(15)11-4-2-3-7-16-11/h2-8H,1H3,(H2,15,17). The zero-order valence-corrected chi connectivity index (χ0v) is 11.6. The number of rotatable bonds is 4. The molecule has 0 bridgehead atoms. The van der Waals surface area contributed by atoms with Crippen LogP contribution in [-0.4, -0.2) is 21.7 Å². The largest absolute Gasteiger partial charge is 0.379 e. The Hall–Kier alpha value is -3.29. The van der Waals surface area contributed by atoms with Crippen molar-refractivity contribution in [1.29, 1.82) is 0 Å². The molecule has 0 aliphatic rings. The van der Waals surface area contributed by atoms with Crippen LogP contribution in [0.25, 0.3) is 0 Å². The number of nitrogens with two attached hydrogens (primary N) is 1. The van der Waals surface area contributed by atoms with Crippen LogP contribution >= 0.6 is 0 Å². The number of aryl methyl sites for hydroxylation is 1. The van der Waals surface area contributed by atoms with Gasteiger partial charge in [-0.15, -0.1) is 0 Å². The van der Waals surface area contributed by atoms with E-state index in [-0.39, 0.29) is 17.1 Å². The van der Waals surface area contributed by atoms with Gasteiger partial charge in [-0.1, -0.05) is 17.3 Å². The summed E-state index contributed by atoms with van der Waals surface area (Å²) in [5.41, 5.74) is 6.26. The molecule has 0 atom stereocenters. The van der Waals surface area contributed by atoms with E-state index >= 15 is 0 Å². The Kier molecular flexibility index (Phi) is 4.42. The van der Waals surface area contributed by atoms with Gasteiger partial charge >= 0.3 is 5.97 Å². The summed E-state index contributed by atoms with van der Waals surface area (Å²) in [7, 11) is 0. The second-order valence-corrected chi connectivity index (χ2v) is 4.33. The lowest BCUT2D eigenvalue weighted by Gasteiger charge is -2.02. The first-order valence-electron chi connectivity index (χ1n) is 6.20. The number of amidine groups is 1. The molecule has 0 aliphatic heterocycles. The molecule has 1 aromatic heterocycles. The number of aromatic nitrogens is 1. The molecule has 0 radical (unpaired) electrons. The van der Waals surface area contributed by atoms with Crippen molar-refractivity contribution in [3.05, 3.63) is 69.5 Å². The zero-order valence-electron chi connectivity index (χ0n) is 11.6. The molecule has 2 rings (SSSR count). The molecular formula is C14H12N4O4. The van der Waals surface area contributed by atoms with Gasteiger partial charge < -0.3 is 10.6 Å². The fourth-order valence-corrected chi connectivity index (χ4v) is 1.64. The second-order valence-electron chi connectivity index (χ2n) is 4.33. The Balaban J connectivity index is 2.16. The molecule has 8 heteroatoms. The van der Waals surface area contributed by atoms with Crippen molar-refractivity contribution >= 4 is 17.5 Å². The molecule has 0 aliphatic carbocycles. The number of nitrogens with zero attached hydrogens (tertiary/aromatic N) is 3. The molecule has 0 amide bonds. The highest BCUT2D eigenvalue weighted by Gasteiger charge is 2.16. The number of hydrogen-bond donors (Lipinski definition) is 1. The van der Waals surface area contributed by atoms with Gasteiger partial charge in [0.1, 0.15) is 5.69 Å². The first-order chi connectivity index (χ1) is 10.5. The van der Waals surface area contributed by atoms with Crippen LogP contribution < -0.4 is 5.73 Å². The minimum absolute atomic E-state index is 0.00914. The zero-order chi connectivity index (χ0) is 16.1. The van der Waals surface area contributed by atoms with Gasteiger partial charge in [-0.05, 0) is 25.1 Å². The first kappa shape index (κ1) is 15.1. The van der Waals surface area contributed by atoms with E-state index in [9.17, 15) is 14.9 Å². The molecule has 2 N–H and O–H groups in total. The van der Waals surface area contributed by atoms with Gasteiger partial charge in [-0.2, -0.15) is 0 Å². The van der Waals surface area contributed by atoms with E-state index in [0.29, 0.717) is 11.3 Å². The van der Waals surface area contributed by atoms with Crippen LogP contribution in [-0.2, 0) is 4.84 Å². The minimum Gasteiger partial charge on any atom is -0.379 e. The van der Waals surface area contributed by atoms with Gasteiger partial charge in [-0.25, -0.2) is 4.79 Å². The van der Waals surface area contributed by atoms with E-state index in [4.69, 9.17) is 5.73 Å². The van der Waals surface area contributed by atoms with Crippen LogP contribution in [0, 0.1) is 17.0 Å². The number of hydrogen-bond acceptors (Lipinski definition) is 6. The summed E-state index contributed by atoms with van der Waals surface area (Å²) >= 11 is 0. The Morgan fingerprint density at radius 3 is 2.77 bits per heavy atom. The SMILES string of the molecule is Cc1ccc(C(=O)ON=C(N)c2ccccn2)cc1[N+](=O)[O-]. The highest BCUT2D eigenvalue weighted by molar-refractivity contribution is 5.96. The number of nitro benzene ring substituents is 1. The monoisotopic (exact) mass is 300 g/mol. The normalized spacial score (nSPS) is 11.0. The Labute approximate surface area is 125 Å². The van der Waals surface area contributed by atoms with E-state index in [2.05, 4.69) is 15.0 Å². The Bertz CT molecular complexity index is 744. The molecule has 0 unspecified atom stereocenters. The van der Waals surface area contributed by atoms with Gasteiger partial charge in [0, 0.05) is 17.8 Å². The minimum atomic E-state index is -0.845. The first-order valence-corrected chi connectivity index (χ1v) is 6.20. The highest BCUT2D eigenvalue weighted by Crippen LogP contribution is 2.19. The molecule has 1 aromatic carbocycles. The number of carbonyl (C=O) groups excluding carboxylic acids is 1. The summed E-state index contributed by atoms with van der Waals surface area (Å²) in [5, 5.41) is 14.3. The Morgan fingerprint density at radius 2 is 2.14 bits per heavy atom. The summed E-state index contributed by atoms with van der Waals surface area (Å²) in [5.74, 6) is -0.919. The maximum Gasteiger partial charge on any atom is 0.366 e. The summed E-state index contributed by atoms with van der Waals surface area (Å²) in [6.45, 7) is 1.57. The molecule has 2 aromatic rings. The van der Waals surface area contributed by atoms with Crippen LogP contribution in [0.15, 0.2) is 47.8 Å². The van der Waals surface area contributed by atoms with Crippen LogP contribution in [0.4, 0.5) is 5.69 Å². The van der Waals surface area contributed by atoms with Crippen LogP contribution in [0.1, 0.15) is 21.6 Å². The number of carbonyl (C=O) groups is 1. The molecule has 0 saturated heterocycles. The van der Waals surface area contributed by atoms with Crippen LogP contribution in [0.3, 0.4) is 0 Å². The summed E-state index contributed by atoms with van der Waals surface area (Å²) in [6, 6.07) is 9.01. The van der Waals surface area contributed by atoms with Crippen LogP contribution in [0.5, 0.6) is 0 Å². The van der Waals surface area contributed by atoms with Gasteiger partial charge in [0.25, 0.3) is 5.69 Å². The van der Waals surface area contributed by atoms with E-state index in [0.717, 1.165) is 6.07 Å². The van der Waals surface area contributed by atoms with Gasteiger partial charge in [-0.3, -0.25) is 15.1 Å². The summed E-state index contributed by atoms with van der Waals surface area (Å²) < 4.78 is 0. The quantitative estimate of drug-likeness (QED) is 0.302. The summed E-state index contributed by atoms with van der Waals surface area (Å²) in [6.07, 6.45) is 1.52. The van der Waals surface area contributed by atoms with Crippen molar-refractivity contribution in [2.45, 2.75) is 6.92 Å². The number of nitro groups is 1. The van der Waals surface area contributed by atoms with Crippen molar-refractivity contribution in [1.82, 2.24) is 4.98 Å². The fraction of sp³-hybridized carbons (Fsp3) is 0.0714. The predicted molar refractivity (Wildman–Crippen MR) is 78.2 cm³/mol. The van der Waals surface area contributed by atoms with E-state index in [1.807, 2.05) is 0 Å². The van der Waals surface area contributed by atoms with Crippen molar-refractivity contribution < 1.29 is 14.6 Å². The van der Waals surface area contributed by atoms with Gasteiger partial charge in [0.2, 0.25) is 0 Å². The molecule has 0 fully saturated rings. The van der Waals surface area contributed by atoms with E-state index in [1.54, 1.807) is 25.1 Å². The average Bonchev–Trinajstić information content (AvgIpc) is 2.53. The molecular weight excluding hydrogens is 288 g/mol. The third-order valence-electron chi connectivity index (χ3n) is 2.80.